The Morgan fingerprint density at radius 3 is 1.96 bits per heavy atom. The third-order valence-electron chi connectivity index (χ3n) is 3.78. The normalized spacial score (nSPS) is 11.5. The number of halogens is 3. The molecule has 0 saturated heterocycles. The summed E-state index contributed by atoms with van der Waals surface area (Å²) < 4.78 is 4.01. The summed E-state index contributed by atoms with van der Waals surface area (Å²) in [6, 6.07) is 7.41. The summed E-state index contributed by atoms with van der Waals surface area (Å²) in [4.78, 5) is 10.7. The Kier molecular flexibility index (Phi) is 10.6. The molecule has 0 aliphatic rings. The monoisotopic (exact) mass is 394 g/mol. The van der Waals surface area contributed by atoms with Gasteiger partial charge in [0, 0.05) is 5.02 Å². The molecular weight excluding hydrogens is 371 g/mol. The number of ether oxygens (including phenoxy) is 1. The average Bonchev–Trinajstić information content (AvgIpc) is 2.54. The van der Waals surface area contributed by atoms with E-state index in [1.165, 1.54) is 12.8 Å². The SMILES string of the molecule is O=C(O)C(Cl)(Cl)CCCCCCCCCCOc1ccc(Cl)cc1. The molecule has 1 aromatic carbocycles. The van der Waals surface area contributed by atoms with Gasteiger partial charge in [-0.15, -0.1) is 0 Å². The average molecular weight is 396 g/mol. The molecule has 1 N–H and O–H groups in total. The minimum absolute atomic E-state index is 0.299. The molecule has 0 heterocycles. The van der Waals surface area contributed by atoms with Crippen LogP contribution in [-0.4, -0.2) is 22.0 Å². The van der Waals surface area contributed by atoms with Gasteiger partial charge in [-0.05, 0) is 43.5 Å². The van der Waals surface area contributed by atoms with Crippen LogP contribution in [0.4, 0.5) is 0 Å². The van der Waals surface area contributed by atoms with Gasteiger partial charge in [0.05, 0.1) is 6.61 Å². The maximum absolute atomic E-state index is 10.7. The van der Waals surface area contributed by atoms with Gasteiger partial charge in [0.2, 0.25) is 4.33 Å². The summed E-state index contributed by atoms with van der Waals surface area (Å²) in [5.41, 5.74) is 0. The Bertz CT molecular complexity index is 475. The topological polar surface area (TPSA) is 46.5 Å². The molecule has 0 radical (unpaired) electrons. The number of aliphatic carboxylic acids is 1. The first-order valence-corrected chi connectivity index (χ1v) is 9.55. The number of unbranched alkanes of at least 4 members (excludes halogenated alkanes) is 7. The van der Waals surface area contributed by atoms with E-state index < -0.39 is 10.3 Å². The summed E-state index contributed by atoms with van der Waals surface area (Å²) in [6.45, 7) is 0.727. The fourth-order valence-electron chi connectivity index (χ4n) is 2.34. The predicted molar refractivity (Wildman–Crippen MR) is 101 cm³/mol. The van der Waals surface area contributed by atoms with Gasteiger partial charge in [0.15, 0.2) is 0 Å². The fourth-order valence-corrected chi connectivity index (χ4v) is 2.73. The molecule has 0 atom stereocenters. The summed E-state index contributed by atoms with van der Waals surface area (Å²) in [7, 11) is 0. The molecule has 0 bridgehead atoms. The molecule has 1 rings (SSSR count). The maximum atomic E-state index is 10.7. The maximum Gasteiger partial charge on any atom is 0.340 e. The smallest absolute Gasteiger partial charge is 0.340 e. The fraction of sp³-hybridized carbons (Fsp3) is 0.611. The molecule has 0 aliphatic carbocycles. The molecule has 1 aromatic rings. The van der Waals surface area contributed by atoms with E-state index in [1.54, 1.807) is 0 Å². The number of carboxylic acids is 1. The lowest BCUT2D eigenvalue weighted by Crippen LogP contribution is -2.25. The highest BCUT2D eigenvalue weighted by Gasteiger charge is 2.32. The number of benzene rings is 1. The van der Waals surface area contributed by atoms with Crippen molar-refractivity contribution in [3.8, 4) is 5.75 Å². The minimum atomic E-state index is -1.63. The molecule has 136 valence electrons. The van der Waals surface area contributed by atoms with E-state index in [1.807, 2.05) is 24.3 Å². The largest absolute Gasteiger partial charge is 0.494 e. The summed E-state index contributed by atoms with van der Waals surface area (Å²) >= 11 is 17.2. The van der Waals surface area contributed by atoms with E-state index >= 15 is 0 Å². The molecule has 6 heteroatoms. The van der Waals surface area contributed by atoms with Gasteiger partial charge in [-0.1, -0.05) is 73.3 Å². The second-order valence-electron chi connectivity index (χ2n) is 5.89. The van der Waals surface area contributed by atoms with Crippen molar-refractivity contribution in [2.45, 2.75) is 62.1 Å². The first-order chi connectivity index (χ1) is 11.4. The van der Waals surface area contributed by atoms with Crippen LogP contribution in [0, 0.1) is 0 Å². The van der Waals surface area contributed by atoms with Gasteiger partial charge in [-0.2, -0.15) is 0 Å². The molecule has 0 amide bonds. The van der Waals surface area contributed by atoms with Crippen molar-refractivity contribution in [2.24, 2.45) is 0 Å². The predicted octanol–water partition coefficient (Wildman–Crippen LogP) is 6.49. The van der Waals surface area contributed by atoms with Crippen molar-refractivity contribution >= 4 is 40.8 Å². The first kappa shape index (κ1) is 21.4. The highest BCUT2D eigenvalue weighted by Crippen LogP contribution is 2.28. The molecule has 0 fully saturated rings. The van der Waals surface area contributed by atoms with Gasteiger partial charge in [0.1, 0.15) is 5.75 Å². The molecule has 0 aliphatic heterocycles. The third kappa shape index (κ3) is 9.61. The van der Waals surface area contributed by atoms with E-state index in [0.717, 1.165) is 50.9 Å². The van der Waals surface area contributed by atoms with Gasteiger partial charge in [0.25, 0.3) is 0 Å². The Labute approximate surface area is 159 Å². The van der Waals surface area contributed by atoms with Crippen LogP contribution in [0.5, 0.6) is 5.75 Å². The van der Waals surface area contributed by atoms with E-state index in [0.29, 0.717) is 11.4 Å². The van der Waals surface area contributed by atoms with Crippen molar-refractivity contribution < 1.29 is 14.6 Å². The lowest BCUT2D eigenvalue weighted by atomic mass is 10.1. The first-order valence-electron chi connectivity index (χ1n) is 8.41. The van der Waals surface area contributed by atoms with Crippen LogP contribution in [0.2, 0.25) is 5.02 Å². The number of hydrogen-bond donors (Lipinski definition) is 1. The van der Waals surface area contributed by atoms with Crippen LogP contribution in [0.15, 0.2) is 24.3 Å². The highest BCUT2D eigenvalue weighted by molar-refractivity contribution is 6.57. The second kappa shape index (κ2) is 11.8. The van der Waals surface area contributed by atoms with Crippen LogP contribution in [0.25, 0.3) is 0 Å². The number of carboxylic acid groups (broad SMARTS) is 1. The lowest BCUT2D eigenvalue weighted by molar-refractivity contribution is -0.138. The summed E-state index contributed by atoms with van der Waals surface area (Å²) in [5, 5.41) is 9.51. The van der Waals surface area contributed by atoms with Crippen molar-refractivity contribution in [3.05, 3.63) is 29.3 Å². The van der Waals surface area contributed by atoms with Crippen molar-refractivity contribution in [1.82, 2.24) is 0 Å². The highest BCUT2D eigenvalue weighted by atomic mass is 35.5. The van der Waals surface area contributed by atoms with Crippen molar-refractivity contribution in [1.29, 1.82) is 0 Å². The summed E-state index contributed by atoms with van der Waals surface area (Å²) in [6.07, 6.45) is 8.82. The summed E-state index contributed by atoms with van der Waals surface area (Å²) in [5.74, 6) is -0.304. The number of hydrogen-bond acceptors (Lipinski definition) is 2. The Hall–Kier alpha value is -0.640. The zero-order valence-electron chi connectivity index (χ0n) is 13.8. The molecule has 3 nitrogen and oxygen atoms in total. The van der Waals surface area contributed by atoms with E-state index in [4.69, 9.17) is 44.6 Å². The zero-order chi connectivity index (χ0) is 17.8. The van der Waals surface area contributed by atoms with Crippen LogP contribution in [0.3, 0.4) is 0 Å². The van der Waals surface area contributed by atoms with Crippen LogP contribution >= 0.6 is 34.8 Å². The molecule has 0 spiro atoms. The van der Waals surface area contributed by atoms with E-state index in [-0.39, 0.29) is 0 Å². The molecular formula is C18H25Cl3O3. The Morgan fingerprint density at radius 2 is 1.42 bits per heavy atom. The number of rotatable bonds is 13. The number of carbonyl (C=O) groups is 1. The third-order valence-corrected chi connectivity index (χ3v) is 4.73. The van der Waals surface area contributed by atoms with Crippen LogP contribution in [0.1, 0.15) is 57.8 Å². The van der Waals surface area contributed by atoms with E-state index in [9.17, 15) is 4.79 Å². The van der Waals surface area contributed by atoms with Gasteiger partial charge in [-0.25, -0.2) is 4.79 Å². The van der Waals surface area contributed by atoms with Gasteiger partial charge < -0.3 is 9.84 Å². The van der Waals surface area contributed by atoms with Crippen LogP contribution < -0.4 is 4.74 Å². The molecule has 0 saturated carbocycles. The molecule has 24 heavy (non-hydrogen) atoms. The molecule has 0 unspecified atom stereocenters. The minimum Gasteiger partial charge on any atom is -0.494 e. The second-order valence-corrected chi connectivity index (χ2v) is 7.81. The zero-order valence-corrected chi connectivity index (χ0v) is 16.0. The Balaban J connectivity index is 1.89. The van der Waals surface area contributed by atoms with Gasteiger partial charge >= 0.3 is 5.97 Å². The Morgan fingerprint density at radius 1 is 0.917 bits per heavy atom. The number of alkyl halides is 2. The lowest BCUT2D eigenvalue weighted by Gasteiger charge is -2.13. The quantitative estimate of drug-likeness (QED) is 0.307. The van der Waals surface area contributed by atoms with Crippen LogP contribution in [-0.2, 0) is 4.79 Å². The van der Waals surface area contributed by atoms with Crippen molar-refractivity contribution in [2.75, 3.05) is 6.61 Å². The van der Waals surface area contributed by atoms with Gasteiger partial charge in [-0.3, -0.25) is 0 Å². The van der Waals surface area contributed by atoms with Crippen molar-refractivity contribution in [3.63, 3.8) is 0 Å². The molecule has 0 aromatic heterocycles. The van der Waals surface area contributed by atoms with E-state index in [2.05, 4.69) is 0 Å². The standard InChI is InChI=1S/C18H25Cl3O3/c19-15-9-11-16(12-10-15)24-14-8-6-4-2-1-3-5-7-13-18(20,21)17(22)23/h9-12H,1-8,13-14H2,(H,22,23).